The number of halogens is 1. The number of fused-ring (bicyclic) bond motifs is 2. The van der Waals surface area contributed by atoms with Crippen LogP contribution in [0, 0.1) is 24.2 Å². The topological polar surface area (TPSA) is 102 Å². The van der Waals surface area contributed by atoms with E-state index in [1.807, 2.05) is 12.4 Å². The molecule has 11 heteroatoms. The second-order valence-electron chi connectivity index (χ2n) is 12.2. The number of anilines is 2. The first kappa shape index (κ1) is 29.8. The number of nitrogens with zero attached hydrogens (tertiary/aromatic N) is 8. The SMILES string of the molecule is C=C(F)C(=O)N1CCN(c2nc(OCCN(C)CC3CC3)nc3c2CCN(c2cncc4cccc(C)c24)C3)C[C@@H]1CC#N. The van der Waals surface area contributed by atoms with Gasteiger partial charge in [0, 0.05) is 61.8 Å². The van der Waals surface area contributed by atoms with Crippen molar-refractivity contribution in [2.45, 2.75) is 45.2 Å². The average Bonchev–Trinajstić information content (AvgIpc) is 3.84. The van der Waals surface area contributed by atoms with Crippen LogP contribution in [-0.2, 0) is 17.8 Å². The normalized spacial score (nSPS) is 18.3. The molecule has 2 fully saturated rings. The van der Waals surface area contributed by atoms with Gasteiger partial charge in [0.1, 0.15) is 12.4 Å². The molecule has 0 bridgehead atoms. The van der Waals surface area contributed by atoms with E-state index >= 15 is 0 Å². The van der Waals surface area contributed by atoms with Gasteiger partial charge in [0.2, 0.25) is 0 Å². The molecule has 0 N–H and O–H groups in total. The van der Waals surface area contributed by atoms with E-state index in [-0.39, 0.29) is 13.0 Å². The highest BCUT2D eigenvalue weighted by Gasteiger charge is 2.35. The third-order valence-electron chi connectivity index (χ3n) is 8.91. The number of likely N-dealkylation sites (N-methyl/N-ethyl adjacent to an activating group) is 1. The van der Waals surface area contributed by atoms with E-state index in [0.29, 0.717) is 38.7 Å². The molecule has 10 nitrogen and oxygen atoms in total. The van der Waals surface area contributed by atoms with Crippen molar-refractivity contribution >= 4 is 28.2 Å². The summed E-state index contributed by atoms with van der Waals surface area (Å²) in [5.74, 6) is -0.214. The van der Waals surface area contributed by atoms with Gasteiger partial charge in [0.15, 0.2) is 5.83 Å². The summed E-state index contributed by atoms with van der Waals surface area (Å²) in [6.07, 6.45) is 7.22. The lowest BCUT2D eigenvalue weighted by molar-refractivity contribution is -0.131. The number of nitriles is 1. The molecule has 1 aliphatic carbocycles. The fraction of sp³-hybridized carbons (Fsp3) is 0.485. The zero-order valence-corrected chi connectivity index (χ0v) is 25.5. The highest BCUT2D eigenvalue weighted by Crippen LogP contribution is 2.35. The van der Waals surface area contributed by atoms with Crippen LogP contribution in [0.4, 0.5) is 15.9 Å². The minimum Gasteiger partial charge on any atom is -0.462 e. The molecule has 3 aromatic rings. The van der Waals surface area contributed by atoms with E-state index in [4.69, 9.17) is 14.7 Å². The fourth-order valence-corrected chi connectivity index (χ4v) is 6.44. The van der Waals surface area contributed by atoms with Gasteiger partial charge < -0.3 is 24.3 Å². The summed E-state index contributed by atoms with van der Waals surface area (Å²) >= 11 is 0. The lowest BCUT2D eigenvalue weighted by Crippen LogP contribution is -2.55. The van der Waals surface area contributed by atoms with Gasteiger partial charge in [-0.3, -0.25) is 9.78 Å². The monoisotopic (exact) mass is 598 g/mol. The second-order valence-corrected chi connectivity index (χ2v) is 12.2. The molecule has 1 atom stereocenters. The number of carbonyl (C=O) groups excluding carboxylic acids is 1. The van der Waals surface area contributed by atoms with Gasteiger partial charge in [-0.05, 0) is 44.7 Å². The van der Waals surface area contributed by atoms with Crippen LogP contribution in [0.2, 0.25) is 0 Å². The van der Waals surface area contributed by atoms with Crippen molar-refractivity contribution in [2.75, 3.05) is 62.7 Å². The van der Waals surface area contributed by atoms with Gasteiger partial charge in [-0.15, -0.1) is 0 Å². The van der Waals surface area contributed by atoms with Crippen molar-refractivity contribution in [2.24, 2.45) is 5.92 Å². The summed E-state index contributed by atoms with van der Waals surface area (Å²) in [6.45, 7) is 10.0. The lowest BCUT2D eigenvalue weighted by Gasteiger charge is -2.42. The Labute approximate surface area is 257 Å². The van der Waals surface area contributed by atoms with Gasteiger partial charge >= 0.3 is 6.01 Å². The van der Waals surface area contributed by atoms with E-state index in [2.05, 4.69) is 64.5 Å². The molecule has 4 heterocycles. The third-order valence-corrected chi connectivity index (χ3v) is 8.91. The van der Waals surface area contributed by atoms with E-state index < -0.39 is 17.8 Å². The number of hydrogen-bond acceptors (Lipinski definition) is 9. The molecule has 1 saturated heterocycles. The number of amides is 1. The number of aromatic nitrogens is 3. The predicted octanol–water partition coefficient (Wildman–Crippen LogP) is 4.03. The molecule has 3 aliphatic rings. The number of carbonyl (C=O) groups is 1. The predicted molar refractivity (Wildman–Crippen MR) is 167 cm³/mol. The van der Waals surface area contributed by atoms with Crippen molar-refractivity contribution in [1.82, 2.24) is 24.8 Å². The number of benzene rings is 1. The van der Waals surface area contributed by atoms with Crippen molar-refractivity contribution in [3.05, 3.63) is 59.8 Å². The highest BCUT2D eigenvalue weighted by molar-refractivity contribution is 5.96. The van der Waals surface area contributed by atoms with Crippen LogP contribution in [0.3, 0.4) is 0 Å². The number of pyridine rings is 1. The van der Waals surface area contributed by atoms with E-state index in [0.717, 1.165) is 53.7 Å². The Balaban J connectivity index is 1.30. The Morgan fingerprint density at radius 1 is 1.20 bits per heavy atom. The standard InChI is InChI=1S/C33H39FN8O2/c1-22-5-4-6-25-17-36-18-29(30(22)25)40-12-10-27-28(21-40)37-33(44-16-15-39(3)19-24-7-8-24)38-31(27)41-13-14-42(32(43)23(2)34)26(20-41)9-11-35/h4-6,17-18,24,26H,2,7-10,12-16,19-21H2,1,3H3/t26-/m0/s1. The third kappa shape index (κ3) is 6.31. The fourth-order valence-electron chi connectivity index (χ4n) is 6.44. The molecule has 2 aromatic heterocycles. The molecular weight excluding hydrogens is 559 g/mol. The second kappa shape index (κ2) is 12.7. The smallest absolute Gasteiger partial charge is 0.318 e. The summed E-state index contributed by atoms with van der Waals surface area (Å²) < 4.78 is 20.0. The highest BCUT2D eigenvalue weighted by atomic mass is 19.1. The van der Waals surface area contributed by atoms with E-state index in [1.54, 1.807) is 0 Å². The van der Waals surface area contributed by atoms with E-state index in [9.17, 15) is 14.4 Å². The molecule has 6 rings (SSSR count). The summed E-state index contributed by atoms with van der Waals surface area (Å²) in [7, 11) is 2.11. The maximum Gasteiger partial charge on any atom is 0.318 e. The van der Waals surface area contributed by atoms with Gasteiger partial charge in [-0.1, -0.05) is 24.8 Å². The molecule has 230 valence electrons. The van der Waals surface area contributed by atoms with Crippen molar-refractivity contribution in [3.8, 4) is 12.1 Å². The van der Waals surface area contributed by atoms with Crippen LogP contribution < -0.4 is 14.5 Å². The van der Waals surface area contributed by atoms with Crippen LogP contribution in [0.5, 0.6) is 6.01 Å². The molecular formula is C33H39FN8O2. The zero-order chi connectivity index (χ0) is 30.8. The average molecular weight is 599 g/mol. The first-order valence-electron chi connectivity index (χ1n) is 15.4. The Morgan fingerprint density at radius 3 is 2.82 bits per heavy atom. The summed E-state index contributed by atoms with van der Waals surface area (Å²) in [6, 6.07) is 8.26. The molecule has 1 aromatic carbocycles. The minimum absolute atomic E-state index is 0.0840. The Bertz CT molecular complexity index is 1600. The van der Waals surface area contributed by atoms with Crippen molar-refractivity contribution < 1.29 is 13.9 Å². The van der Waals surface area contributed by atoms with Crippen LogP contribution in [0.15, 0.2) is 43.0 Å². The van der Waals surface area contributed by atoms with Gasteiger partial charge in [0.25, 0.3) is 5.91 Å². The molecule has 1 amide bonds. The molecule has 44 heavy (non-hydrogen) atoms. The van der Waals surface area contributed by atoms with Crippen molar-refractivity contribution in [1.29, 1.82) is 5.26 Å². The van der Waals surface area contributed by atoms with Gasteiger partial charge in [-0.2, -0.15) is 15.2 Å². The Hall–Kier alpha value is -4.30. The number of hydrogen-bond donors (Lipinski definition) is 0. The summed E-state index contributed by atoms with van der Waals surface area (Å²) in [5, 5.41) is 11.8. The largest absolute Gasteiger partial charge is 0.462 e. The van der Waals surface area contributed by atoms with Gasteiger partial charge in [0.05, 0.1) is 42.7 Å². The summed E-state index contributed by atoms with van der Waals surface area (Å²) in [5.41, 5.74) is 4.19. The van der Waals surface area contributed by atoms with E-state index in [1.165, 1.54) is 28.7 Å². The Kier molecular flexibility index (Phi) is 8.62. The lowest BCUT2D eigenvalue weighted by atomic mass is 10.0. The minimum atomic E-state index is -1.01. The number of aryl methyl sites for hydroxylation is 1. The number of ether oxygens (including phenoxy) is 1. The molecule has 2 aliphatic heterocycles. The summed E-state index contributed by atoms with van der Waals surface area (Å²) in [4.78, 5) is 35.0. The molecule has 0 unspecified atom stereocenters. The maximum absolute atomic E-state index is 13.8. The molecule has 0 spiro atoms. The van der Waals surface area contributed by atoms with Crippen LogP contribution in [0.1, 0.15) is 36.1 Å². The first-order valence-corrected chi connectivity index (χ1v) is 15.4. The Morgan fingerprint density at radius 2 is 2.05 bits per heavy atom. The quantitative estimate of drug-likeness (QED) is 0.320. The van der Waals surface area contributed by atoms with Crippen LogP contribution in [0.25, 0.3) is 10.8 Å². The zero-order valence-electron chi connectivity index (χ0n) is 25.5. The molecule has 1 saturated carbocycles. The number of piperazine rings is 1. The van der Waals surface area contributed by atoms with Crippen LogP contribution >= 0.6 is 0 Å². The number of rotatable bonds is 10. The van der Waals surface area contributed by atoms with Crippen LogP contribution in [-0.4, -0.2) is 89.6 Å². The first-order chi connectivity index (χ1) is 21.3. The van der Waals surface area contributed by atoms with Gasteiger partial charge in [-0.25, -0.2) is 4.39 Å². The maximum atomic E-state index is 13.8. The molecule has 0 radical (unpaired) electrons. The van der Waals surface area contributed by atoms with Crippen molar-refractivity contribution in [3.63, 3.8) is 0 Å².